The molecule has 0 radical (unpaired) electrons. The van der Waals surface area contributed by atoms with Gasteiger partial charge in [-0.05, 0) is 67.2 Å². The number of aryl methyl sites for hydroxylation is 2. The summed E-state index contributed by atoms with van der Waals surface area (Å²) in [6, 6.07) is 17.8. The highest BCUT2D eigenvalue weighted by molar-refractivity contribution is 5.27. The summed E-state index contributed by atoms with van der Waals surface area (Å²) >= 11 is 0. The summed E-state index contributed by atoms with van der Waals surface area (Å²) in [5, 5.41) is 0. The van der Waals surface area contributed by atoms with Crippen molar-refractivity contribution in [3.63, 3.8) is 0 Å². The van der Waals surface area contributed by atoms with Crippen LogP contribution in [0, 0.1) is 25.7 Å². The van der Waals surface area contributed by atoms with Crippen molar-refractivity contribution < 1.29 is 0 Å². The molecule has 0 amide bonds. The second-order valence-corrected chi connectivity index (χ2v) is 7.16. The van der Waals surface area contributed by atoms with Gasteiger partial charge in [0, 0.05) is 0 Å². The van der Waals surface area contributed by atoms with Gasteiger partial charge in [0.15, 0.2) is 0 Å². The van der Waals surface area contributed by atoms with E-state index in [1.54, 1.807) is 11.1 Å². The van der Waals surface area contributed by atoms with E-state index in [0.29, 0.717) is 0 Å². The molecule has 2 aromatic carbocycles. The molecule has 0 heterocycles. The van der Waals surface area contributed by atoms with E-state index in [4.69, 9.17) is 0 Å². The lowest BCUT2D eigenvalue weighted by Crippen LogP contribution is -2.19. The molecule has 1 aliphatic rings. The molecule has 0 nitrogen and oxygen atoms in total. The van der Waals surface area contributed by atoms with Crippen molar-refractivity contribution in [2.45, 2.75) is 52.4 Å². The van der Waals surface area contributed by atoms with Gasteiger partial charge >= 0.3 is 0 Å². The quantitative estimate of drug-likeness (QED) is 0.658. The van der Waals surface area contributed by atoms with E-state index in [9.17, 15) is 0 Å². The highest BCUT2D eigenvalue weighted by atomic mass is 14.3. The molecule has 1 fully saturated rings. The molecule has 0 heteroatoms. The Morgan fingerprint density at radius 1 is 0.727 bits per heavy atom. The maximum Gasteiger partial charge on any atom is -0.0248 e. The summed E-state index contributed by atoms with van der Waals surface area (Å²) in [4.78, 5) is 0. The molecule has 116 valence electrons. The summed E-state index contributed by atoms with van der Waals surface area (Å²) in [6.07, 6.45) is 8.20. The lowest BCUT2D eigenvalue weighted by atomic mass is 9.75. The standard InChI is InChI=1S/C22H28/c1-17-8-3-5-12-21(17)15-19-10-7-11-20(14-19)16-22-13-6-4-9-18(22)2/h3-6,8-9,12-13,19-20H,7,10-11,14-16H2,1-2H3/t19-,20-/m1/s1. The molecule has 0 bridgehead atoms. The maximum atomic E-state index is 2.32. The van der Waals surface area contributed by atoms with Crippen LogP contribution in [0.15, 0.2) is 48.5 Å². The SMILES string of the molecule is Cc1ccccc1C[C@@H]1CCC[C@@H](Cc2ccccc2C)C1. The number of hydrogen-bond acceptors (Lipinski definition) is 0. The van der Waals surface area contributed by atoms with Gasteiger partial charge < -0.3 is 0 Å². The van der Waals surface area contributed by atoms with Gasteiger partial charge in [-0.1, -0.05) is 67.8 Å². The second-order valence-electron chi connectivity index (χ2n) is 7.16. The van der Waals surface area contributed by atoms with Gasteiger partial charge in [0.05, 0.1) is 0 Å². The zero-order chi connectivity index (χ0) is 15.4. The van der Waals surface area contributed by atoms with E-state index < -0.39 is 0 Å². The van der Waals surface area contributed by atoms with Gasteiger partial charge in [-0.2, -0.15) is 0 Å². The zero-order valence-electron chi connectivity index (χ0n) is 14.0. The molecule has 22 heavy (non-hydrogen) atoms. The molecule has 0 N–H and O–H groups in total. The van der Waals surface area contributed by atoms with E-state index >= 15 is 0 Å². The maximum absolute atomic E-state index is 2.32. The van der Waals surface area contributed by atoms with Crippen molar-refractivity contribution in [1.29, 1.82) is 0 Å². The summed E-state index contributed by atoms with van der Waals surface area (Å²) in [7, 11) is 0. The molecule has 0 unspecified atom stereocenters. The largest absolute Gasteiger partial charge is 0.0620 e. The molecule has 1 aliphatic carbocycles. The summed E-state index contributed by atoms with van der Waals surface area (Å²) < 4.78 is 0. The Kier molecular flexibility index (Phi) is 4.97. The average molecular weight is 292 g/mol. The molecule has 2 aromatic rings. The van der Waals surface area contributed by atoms with Crippen LogP contribution in [-0.2, 0) is 12.8 Å². The molecule has 0 aliphatic heterocycles. The monoisotopic (exact) mass is 292 g/mol. The topological polar surface area (TPSA) is 0 Å². The summed E-state index contributed by atoms with van der Waals surface area (Å²) in [5.74, 6) is 1.76. The van der Waals surface area contributed by atoms with Crippen LogP contribution in [0.1, 0.15) is 47.9 Å². The average Bonchev–Trinajstić information content (AvgIpc) is 2.52. The Balaban J connectivity index is 1.62. The molecule has 2 atom stereocenters. The van der Waals surface area contributed by atoms with Crippen LogP contribution in [0.25, 0.3) is 0 Å². The molecular weight excluding hydrogens is 264 g/mol. The first-order valence-electron chi connectivity index (χ1n) is 8.81. The number of rotatable bonds is 4. The smallest absolute Gasteiger partial charge is 0.0248 e. The first kappa shape index (κ1) is 15.3. The fourth-order valence-electron chi connectivity index (χ4n) is 4.07. The Morgan fingerprint density at radius 3 is 1.64 bits per heavy atom. The van der Waals surface area contributed by atoms with Crippen molar-refractivity contribution in [3.05, 3.63) is 70.8 Å². The second kappa shape index (κ2) is 7.13. The van der Waals surface area contributed by atoms with Gasteiger partial charge in [-0.25, -0.2) is 0 Å². The van der Waals surface area contributed by atoms with E-state index in [2.05, 4.69) is 62.4 Å². The molecule has 0 spiro atoms. The minimum absolute atomic E-state index is 0.879. The van der Waals surface area contributed by atoms with Crippen molar-refractivity contribution >= 4 is 0 Å². The first-order chi connectivity index (χ1) is 10.7. The van der Waals surface area contributed by atoms with E-state index in [-0.39, 0.29) is 0 Å². The van der Waals surface area contributed by atoms with E-state index in [0.717, 1.165) is 11.8 Å². The van der Waals surface area contributed by atoms with Gasteiger partial charge in [-0.3, -0.25) is 0 Å². The van der Waals surface area contributed by atoms with Gasteiger partial charge in [0.25, 0.3) is 0 Å². The molecule has 1 saturated carbocycles. The number of benzene rings is 2. The third-order valence-electron chi connectivity index (χ3n) is 5.43. The minimum atomic E-state index is 0.879. The molecular formula is C22H28. The van der Waals surface area contributed by atoms with Crippen molar-refractivity contribution in [1.82, 2.24) is 0 Å². The van der Waals surface area contributed by atoms with Gasteiger partial charge in [0.1, 0.15) is 0 Å². The third kappa shape index (κ3) is 3.80. The van der Waals surface area contributed by atoms with Crippen LogP contribution in [0.4, 0.5) is 0 Å². The van der Waals surface area contributed by atoms with Crippen molar-refractivity contribution in [3.8, 4) is 0 Å². The Labute approximate surface area is 135 Å². The normalized spacial score (nSPS) is 21.7. The fraction of sp³-hybridized carbons (Fsp3) is 0.455. The van der Waals surface area contributed by atoms with Crippen LogP contribution in [0.3, 0.4) is 0 Å². The highest BCUT2D eigenvalue weighted by Crippen LogP contribution is 2.34. The molecule has 0 aromatic heterocycles. The summed E-state index contributed by atoms with van der Waals surface area (Å²) in [6.45, 7) is 4.51. The van der Waals surface area contributed by atoms with Crippen LogP contribution in [0.2, 0.25) is 0 Å². The van der Waals surface area contributed by atoms with Crippen LogP contribution < -0.4 is 0 Å². The predicted octanol–water partition coefficient (Wildman–Crippen LogP) is 5.90. The van der Waals surface area contributed by atoms with Crippen molar-refractivity contribution in [2.24, 2.45) is 11.8 Å². The van der Waals surface area contributed by atoms with Crippen molar-refractivity contribution in [2.75, 3.05) is 0 Å². The lowest BCUT2D eigenvalue weighted by molar-refractivity contribution is 0.263. The first-order valence-corrected chi connectivity index (χ1v) is 8.81. The van der Waals surface area contributed by atoms with E-state index in [1.807, 2.05) is 0 Å². The Bertz CT molecular complexity index is 557. The zero-order valence-corrected chi connectivity index (χ0v) is 14.0. The lowest BCUT2D eigenvalue weighted by Gasteiger charge is -2.30. The Hall–Kier alpha value is -1.56. The van der Waals surface area contributed by atoms with E-state index in [1.165, 1.54) is 49.7 Å². The van der Waals surface area contributed by atoms with Crippen LogP contribution >= 0.6 is 0 Å². The fourth-order valence-corrected chi connectivity index (χ4v) is 4.07. The van der Waals surface area contributed by atoms with Crippen LogP contribution in [-0.4, -0.2) is 0 Å². The van der Waals surface area contributed by atoms with Gasteiger partial charge in [0.2, 0.25) is 0 Å². The number of hydrogen-bond donors (Lipinski definition) is 0. The Morgan fingerprint density at radius 2 is 1.18 bits per heavy atom. The third-order valence-corrected chi connectivity index (χ3v) is 5.43. The summed E-state index contributed by atoms with van der Waals surface area (Å²) in [5.41, 5.74) is 6.04. The minimum Gasteiger partial charge on any atom is -0.0620 e. The van der Waals surface area contributed by atoms with Crippen LogP contribution in [0.5, 0.6) is 0 Å². The van der Waals surface area contributed by atoms with Gasteiger partial charge in [-0.15, -0.1) is 0 Å². The predicted molar refractivity (Wildman–Crippen MR) is 95.2 cm³/mol. The highest BCUT2D eigenvalue weighted by Gasteiger charge is 2.23. The molecule has 3 rings (SSSR count). The molecule has 0 saturated heterocycles.